The quantitative estimate of drug-likeness (QED) is 0.557. The molecule has 1 aromatic carbocycles. The Balaban J connectivity index is 1.71. The van der Waals surface area contributed by atoms with Gasteiger partial charge in [0, 0.05) is 24.5 Å². The maximum Gasteiger partial charge on any atom is 0.338 e. The lowest BCUT2D eigenvalue weighted by Crippen LogP contribution is -2.34. The van der Waals surface area contributed by atoms with E-state index < -0.39 is 16.0 Å². The fraction of sp³-hybridized carbons (Fsp3) is 0.455. The molecule has 168 valence electrons. The number of carbonyl (C=O) groups is 2. The summed E-state index contributed by atoms with van der Waals surface area (Å²) in [5.74, 6) is -0.942. The van der Waals surface area contributed by atoms with E-state index in [0.717, 1.165) is 17.7 Å². The highest BCUT2D eigenvalue weighted by molar-refractivity contribution is 7.89. The first kappa shape index (κ1) is 23.4. The lowest BCUT2D eigenvalue weighted by molar-refractivity contribution is -0.135. The van der Waals surface area contributed by atoms with Crippen molar-refractivity contribution >= 4 is 33.2 Å². The van der Waals surface area contributed by atoms with E-state index in [2.05, 4.69) is 0 Å². The average molecular weight is 465 g/mol. The molecule has 1 saturated heterocycles. The molecule has 1 aliphatic rings. The molecule has 1 atom stereocenters. The van der Waals surface area contributed by atoms with E-state index in [0.29, 0.717) is 25.2 Å². The van der Waals surface area contributed by atoms with Crippen molar-refractivity contribution in [1.82, 2.24) is 9.21 Å². The molecule has 1 aromatic heterocycles. The van der Waals surface area contributed by atoms with E-state index in [1.807, 2.05) is 17.5 Å². The van der Waals surface area contributed by atoms with Crippen molar-refractivity contribution in [2.75, 3.05) is 26.2 Å². The number of hydrogen-bond acceptors (Lipinski definition) is 6. The van der Waals surface area contributed by atoms with Gasteiger partial charge in [0.15, 0.2) is 6.61 Å². The maximum absolute atomic E-state index is 12.8. The van der Waals surface area contributed by atoms with Crippen molar-refractivity contribution in [3.05, 3.63) is 51.7 Å². The van der Waals surface area contributed by atoms with Crippen LogP contribution in [0.4, 0.5) is 0 Å². The van der Waals surface area contributed by atoms with Gasteiger partial charge in [-0.15, -0.1) is 11.3 Å². The normalized spacial score (nSPS) is 16.6. The van der Waals surface area contributed by atoms with Crippen molar-refractivity contribution in [2.45, 2.75) is 44.6 Å². The highest BCUT2D eigenvalue weighted by Crippen LogP contribution is 2.34. The summed E-state index contributed by atoms with van der Waals surface area (Å²) in [6.45, 7) is 6.17. The summed E-state index contributed by atoms with van der Waals surface area (Å²) in [5.41, 5.74) is 0.742. The second kappa shape index (κ2) is 9.93. The third-order valence-corrected chi connectivity index (χ3v) is 8.56. The summed E-state index contributed by atoms with van der Waals surface area (Å²) in [6, 6.07) is 8.40. The molecule has 7 nitrogen and oxygen atoms in total. The number of amides is 1. The minimum atomic E-state index is -3.70. The molecular formula is C22H28N2O5S2. The van der Waals surface area contributed by atoms with Crippen LogP contribution in [0, 0.1) is 6.92 Å². The molecule has 1 aliphatic heterocycles. The van der Waals surface area contributed by atoms with Crippen LogP contribution in [0.15, 0.2) is 40.6 Å². The Kier molecular flexibility index (Phi) is 7.51. The Morgan fingerprint density at radius 3 is 2.61 bits per heavy atom. The van der Waals surface area contributed by atoms with Gasteiger partial charge in [-0.1, -0.05) is 26.0 Å². The van der Waals surface area contributed by atoms with Gasteiger partial charge in [0.2, 0.25) is 10.0 Å². The zero-order valence-corrected chi connectivity index (χ0v) is 19.7. The Morgan fingerprint density at radius 1 is 1.23 bits per heavy atom. The van der Waals surface area contributed by atoms with Gasteiger partial charge in [0.1, 0.15) is 0 Å². The lowest BCUT2D eigenvalue weighted by atomic mass is 10.1. The largest absolute Gasteiger partial charge is 0.452 e. The summed E-state index contributed by atoms with van der Waals surface area (Å²) in [4.78, 5) is 28.3. The van der Waals surface area contributed by atoms with Gasteiger partial charge in [-0.25, -0.2) is 13.2 Å². The smallest absolute Gasteiger partial charge is 0.338 e. The van der Waals surface area contributed by atoms with E-state index in [1.165, 1.54) is 16.4 Å². The lowest BCUT2D eigenvalue weighted by Gasteiger charge is -2.23. The SMILES string of the molecule is CCN(CC)S(=O)(=O)c1ccc(C)c(C(=O)OCC(=O)N2CCCC2c2cccs2)c1. The van der Waals surface area contributed by atoms with Crippen molar-refractivity contribution in [3.63, 3.8) is 0 Å². The van der Waals surface area contributed by atoms with Gasteiger partial charge in [0.05, 0.1) is 16.5 Å². The number of sulfonamides is 1. The number of nitrogens with zero attached hydrogens (tertiary/aromatic N) is 2. The molecule has 0 saturated carbocycles. The summed E-state index contributed by atoms with van der Waals surface area (Å²) < 4.78 is 32.2. The molecule has 0 aliphatic carbocycles. The average Bonchev–Trinajstić information content (AvgIpc) is 3.44. The fourth-order valence-corrected chi connectivity index (χ4v) is 6.18. The number of thiophene rings is 1. The molecule has 0 N–H and O–H groups in total. The standard InChI is InChI=1S/C22H28N2O5S2/c1-4-23(5-2)31(27,28)17-11-10-16(3)18(14-17)22(26)29-15-21(25)24-12-6-8-19(24)20-9-7-13-30-20/h7,9-11,13-14,19H,4-6,8,12,15H2,1-3H3. The van der Waals surface area contributed by atoms with Crippen molar-refractivity contribution in [1.29, 1.82) is 0 Å². The Hall–Kier alpha value is -2.23. The summed E-state index contributed by atoms with van der Waals surface area (Å²) in [7, 11) is -3.70. The molecule has 9 heteroatoms. The van der Waals surface area contributed by atoms with E-state index in [4.69, 9.17) is 4.74 Å². The molecular weight excluding hydrogens is 436 g/mol. The third-order valence-electron chi connectivity index (χ3n) is 5.54. The van der Waals surface area contributed by atoms with E-state index in [-0.39, 0.29) is 29.0 Å². The first-order chi connectivity index (χ1) is 14.8. The minimum Gasteiger partial charge on any atom is -0.452 e. The number of carbonyl (C=O) groups excluding carboxylic acids is 2. The van der Waals surface area contributed by atoms with E-state index >= 15 is 0 Å². The van der Waals surface area contributed by atoms with Crippen molar-refractivity contribution in [2.24, 2.45) is 0 Å². The molecule has 1 unspecified atom stereocenters. The molecule has 0 spiro atoms. The zero-order valence-electron chi connectivity index (χ0n) is 18.0. The molecule has 1 fully saturated rings. The third kappa shape index (κ3) is 4.99. The number of rotatable bonds is 8. The monoisotopic (exact) mass is 464 g/mol. The Morgan fingerprint density at radius 2 is 1.97 bits per heavy atom. The number of benzene rings is 1. The molecule has 1 amide bonds. The fourth-order valence-electron chi connectivity index (χ4n) is 3.82. The van der Waals surface area contributed by atoms with Crippen LogP contribution in [0.2, 0.25) is 0 Å². The number of esters is 1. The first-order valence-electron chi connectivity index (χ1n) is 10.4. The van der Waals surface area contributed by atoms with Crippen LogP contribution in [0.25, 0.3) is 0 Å². The van der Waals surface area contributed by atoms with Gasteiger partial charge in [-0.2, -0.15) is 4.31 Å². The van der Waals surface area contributed by atoms with Gasteiger partial charge in [-0.3, -0.25) is 4.79 Å². The highest BCUT2D eigenvalue weighted by Gasteiger charge is 2.31. The summed E-state index contributed by atoms with van der Waals surface area (Å²) in [5, 5.41) is 1.98. The summed E-state index contributed by atoms with van der Waals surface area (Å²) >= 11 is 1.61. The molecule has 31 heavy (non-hydrogen) atoms. The van der Waals surface area contributed by atoms with Crippen molar-refractivity contribution < 1.29 is 22.7 Å². The maximum atomic E-state index is 12.8. The van der Waals surface area contributed by atoms with Gasteiger partial charge < -0.3 is 9.64 Å². The van der Waals surface area contributed by atoms with Gasteiger partial charge in [0.25, 0.3) is 5.91 Å². The summed E-state index contributed by atoms with van der Waals surface area (Å²) in [6.07, 6.45) is 1.80. The minimum absolute atomic E-state index is 0.0236. The zero-order chi connectivity index (χ0) is 22.6. The molecule has 2 aromatic rings. The molecule has 3 rings (SSSR count). The second-order valence-electron chi connectivity index (χ2n) is 7.40. The van der Waals surface area contributed by atoms with E-state index in [9.17, 15) is 18.0 Å². The number of hydrogen-bond donors (Lipinski definition) is 0. The van der Waals surface area contributed by atoms with Crippen LogP contribution in [0.1, 0.15) is 53.5 Å². The van der Waals surface area contributed by atoms with Crippen LogP contribution in [-0.2, 0) is 19.6 Å². The topological polar surface area (TPSA) is 84.0 Å². The van der Waals surface area contributed by atoms with Gasteiger partial charge in [-0.05, 0) is 48.9 Å². The molecule has 2 heterocycles. The second-order valence-corrected chi connectivity index (χ2v) is 10.3. The van der Waals surface area contributed by atoms with Crippen LogP contribution < -0.4 is 0 Å². The Labute approximate surface area is 187 Å². The highest BCUT2D eigenvalue weighted by atomic mass is 32.2. The Bertz CT molecular complexity index is 1030. The predicted molar refractivity (Wildman–Crippen MR) is 120 cm³/mol. The number of ether oxygens (including phenoxy) is 1. The number of likely N-dealkylation sites (tertiary alicyclic amines) is 1. The van der Waals surface area contributed by atoms with Gasteiger partial charge >= 0.3 is 5.97 Å². The predicted octanol–water partition coefficient (Wildman–Crippen LogP) is 3.61. The molecule has 0 bridgehead atoms. The first-order valence-corrected chi connectivity index (χ1v) is 12.7. The van der Waals surface area contributed by atoms with Crippen molar-refractivity contribution in [3.8, 4) is 0 Å². The van der Waals surface area contributed by atoms with E-state index in [1.54, 1.807) is 43.1 Å². The number of aryl methyl sites for hydroxylation is 1. The molecule has 0 radical (unpaired) electrons. The van der Waals surface area contributed by atoms with Crippen LogP contribution in [0.3, 0.4) is 0 Å². The van der Waals surface area contributed by atoms with Crippen LogP contribution in [0.5, 0.6) is 0 Å². The van der Waals surface area contributed by atoms with Crippen LogP contribution >= 0.6 is 11.3 Å². The van der Waals surface area contributed by atoms with Crippen LogP contribution in [-0.4, -0.2) is 55.7 Å².